The molecule has 90 valence electrons. The predicted octanol–water partition coefficient (Wildman–Crippen LogP) is 2.03. The first-order valence-corrected chi connectivity index (χ1v) is 6.02. The molecule has 1 unspecified atom stereocenters. The predicted molar refractivity (Wildman–Crippen MR) is 61.6 cm³/mol. The van der Waals surface area contributed by atoms with Crippen molar-refractivity contribution in [1.82, 2.24) is 5.32 Å². The minimum atomic E-state index is -0.565. The van der Waals surface area contributed by atoms with Crippen LogP contribution in [0, 0.1) is 11.6 Å². The van der Waals surface area contributed by atoms with Crippen LogP contribution >= 0.6 is 11.8 Å². The van der Waals surface area contributed by atoms with Crippen molar-refractivity contribution < 1.29 is 13.9 Å². The molecular formula is C11H15F2NOS. The van der Waals surface area contributed by atoms with Crippen LogP contribution < -0.4 is 5.32 Å². The van der Waals surface area contributed by atoms with E-state index < -0.39 is 11.6 Å². The van der Waals surface area contributed by atoms with Gasteiger partial charge in [-0.3, -0.25) is 0 Å². The molecule has 0 radical (unpaired) electrons. The molecule has 0 amide bonds. The van der Waals surface area contributed by atoms with Gasteiger partial charge >= 0.3 is 0 Å². The van der Waals surface area contributed by atoms with E-state index in [1.807, 2.05) is 0 Å². The Morgan fingerprint density at radius 2 is 2.19 bits per heavy atom. The Bertz CT molecular complexity index is 332. The Balaban J connectivity index is 2.42. The number of nitrogens with one attached hydrogen (secondary N) is 1. The average Bonchev–Trinajstić information content (AvgIpc) is 2.27. The second-order valence-electron chi connectivity index (χ2n) is 3.38. The van der Waals surface area contributed by atoms with Crippen molar-refractivity contribution in [2.24, 2.45) is 0 Å². The van der Waals surface area contributed by atoms with E-state index in [9.17, 15) is 8.78 Å². The van der Waals surface area contributed by atoms with Crippen LogP contribution in [0.25, 0.3) is 0 Å². The fourth-order valence-corrected chi connectivity index (χ4v) is 2.21. The van der Waals surface area contributed by atoms with Gasteiger partial charge in [0, 0.05) is 17.0 Å². The highest BCUT2D eigenvalue weighted by Crippen LogP contribution is 2.23. The quantitative estimate of drug-likeness (QED) is 0.754. The molecule has 0 aliphatic carbocycles. The third-order valence-corrected chi connectivity index (χ3v) is 3.33. The van der Waals surface area contributed by atoms with E-state index in [2.05, 4.69) is 5.32 Å². The average molecular weight is 247 g/mol. The number of aliphatic hydroxyl groups is 1. The van der Waals surface area contributed by atoms with Crippen LogP contribution in [-0.2, 0) is 0 Å². The molecule has 2 nitrogen and oxygen atoms in total. The summed E-state index contributed by atoms with van der Waals surface area (Å²) >= 11 is 1.32. The lowest BCUT2D eigenvalue weighted by Gasteiger charge is -2.12. The lowest BCUT2D eigenvalue weighted by molar-refractivity contribution is 0.246. The van der Waals surface area contributed by atoms with Gasteiger partial charge in [-0.05, 0) is 31.4 Å². The fraction of sp³-hybridized carbons (Fsp3) is 0.455. The number of hydrogen-bond donors (Lipinski definition) is 2. The van der Waals surface area contributed by atoms with E-state index in [1.54, 1.807) is 7.05 Å². The summed E-state index contributed by atoms with van der Waals surface area (Å²) in [6.07, 6.45) is 0.731. The zero-order chi connectivity index (χ0) is 12.0. The normalized spacial score (nSPS) is 12.8. The van der Waals surface area contributed by atoms with Crippen LogP contribution in [0.5, 0.6) is 0 Å². The third kappa shape index (κ3) is 4.08. The molecule has 0 fully saturated rings. The monoisotopic (exact) mass is 247 g/mol. The molecule has 0 spiro atoms. The highest BCUT2D eigenvalue weighted by atomic mass is 32.2. The van der Waals surface area contributed by atoms with Crippen molar-refractivity contribution in [3.05, 3.63) is 29.8 Å². The molecule has 1 rings (SSSR count). The van der Waals surface area contributed by atoms with Crippen molar-refractivity contribution in [1.29, 1.82) is 0 Å². The summed E-state index contributed by atoms with van der Waals surface area (Å²) in [5.41, 5.74) is 0. The van der Waals surface area contributed by atoms with Gasteiger partial charge < -0.3 is 10.4 Å². The number of thioether (sulfide) groups is 1. The fourth-order valence-electron chi connectivity index (χ4n) is 1.23. The molecule has 1 aromatic rings. The summed E-state index contributed by atoms with van der Waals surface area (Å²) in [5, 5.41) is 11.9. The minimum absolute atomic E-state index is 0.0241. The lowest BCUT2D eigenvalue weighted by Crippen LogP contribution is -2.29. The van der Waals surface area contributed by atoms with Crippen molar-refractivity contribution in [2.75, 3.05) is 19.4 Å². The van der Waals surface area contributed by atoms with Gasteiger partial charge in [-0.15, -0.1) is 11.8 Å². The van der Waals surface area contributed by atoms with Crippen LogP contribution in [0.15, 0.2) is 23.1 Å². The van der Waals surface area contributed by atoms with E-state index in [4.69, 9.17) is 5.11 Å². The third-order valence-electron chi connectivity index (χ3n) is 2.25. The zero-order valence-corrected chi connectivity index (χ0v) is 9.86. The molecule has 1 aromatic carbocycles. The second kappa shape index (κ2) is 6.83. The van der Waals surface area contributed by atoms with E-state index >= 15 is 0 Å². The summed E-state index contributed by atoms with van der Waals surface area (Å²) in [5.74, 6) is -0.422. The number of halogens is 2. The Kier molecular flexibility index (Phi) is 5.73. The molecule has 0 saturated heterocycles. The number of aliphatic hydroxyl groups excluding tert-OH is 1. The Morgan fingerprint density at radius 1 is 1.44 bits per heavy atom. The maximum absolute atomic E-state index is 13.2. The van der Waals surface area contributed by atoms with Gasteiger partial charge in [0.1, 0.15) is 11.6 Å². The first-order valence-electron chi connectivity index (χ1n) is 5.03. The van der Waals surface area contributed by atoms with Gasteiger partial charge in [-0.25, -0.2) is 8.78 Å². The van der Waals surface area contributed by atoms with E-state index in [1.165, 1.54) is 23.9 Å². The molecule has 0 saturated carbocycles. The van der Waals surface area contributed by atoms with E-state index in [-0.39, 0.29) is 12.6 Å². The van der Waals surface area contributed by atoms with Gasteiger partial charge in [0.05, 0.1) is 6.61 Å². The lowest BCUT2D eigenvalue weighted by atomic mass is 10.2. The number of benzene rings is 1. The second-order valence-corrected chi connectivity index (χ2v) is 4.52. The topological polar surface area (TPSA) is 32.3 Å². The van der Waals surface area contributed by atoms with Crippen molar-refractivity contribution in [3.63, 3.8) is 0 Å². The summed E-state index contributed by atoms with van der Waals surface area (Å²) < 4.78 is 25.8. The molecule has 5 heteroatoms. The Hall–Kier alpha value is -0.650. The van der Waals surface area contributed by atoms with Crippen LogP contribution in [-0.4, -0.2) is 30.6 Å². The van der Waals surface area contributed by atoms with Crippen molar-refractivity contribution >= 4 is 11.8 Å². The smallest absolute Gasteiger partial charge is 0.139 e. The number of hydrogen-bond acceptors (Lipinski definition) is 3. The molecule has 0 bridgehead atoms. The Labute approximate surface area is 98.1 Å². The van der Waals surface area contributed by atoms with Gasteiger partial charge in [-0.1, -0.05) is 0 Å². The van der Waals surface area contributed by atoms with Crippen LogP contribution in [0.4, 0.5) is 8.78 Å². The van der Waals surface area contributed by atoms with Gasteiger partial charge in [0.15, 0.2) is 0 Å². The molecule has 1 atom stereocenters. The van der Waals surface area contributed by atoms with Gasteiger partial charge in [0.2, 0.25) is 0 Å². The molecule has 0 aromatic heterocycles. The van der Waals surface area contributed by atoms with E-state index in [0.717, 1.165) is 12.5 Å². The maximum Gasteiger partial charge on any atom is 0.139 e. The number of rotatable bonds is 6. The summed E-state index contributed by atoms with van der Waals surface area (Å²) in [4.78, 5) is 0.439. The largest absolute Gasteiger partial charge is 0.395 e. The SMILES string of the molecule is CNC(CO)CCSc1ccc(F)cc1F. The molecule has 0 aliphatic rings. The standard InChI is InChI=1S/C11H15F2NOS/c1-14-9(7-15)4-5-16-11-3-2-8(12)6-10(11)13/h2-3,6,9,14-15H,4-5,7H2,1H3. The highest BCUT2D eigenvalue weighted by Gasteiger charge is 2.07. The Morgan fingerprint density at radius 3 is 2.75 bits per heavy atom. The van der Waals surface area contributed by atoms with Gasteiger partial charge in [-0.2, -0.15) is 0 Å². The minimum Gasteiger partial charge on any atom is -0.395 e. The van der Waals surface area contributed by atoms with Crippen LogP contribution in [0.1, 0.15) is 6.42 Å². The maximum atomic E-state index is 13.2. The summed E-state index contributed by atoms with van der Waals surface area (Å²) in [7, 11) is 1.77. The molecule has 0 heterocycles. The summed E-state index contributed by atoms with van der Waals surface area (Å²) in [6, 6.07) is 3.58. The van der Waals surface area contributed by atoms with Crippen LogP contribution in [0.2, 0.25) is 0 Å². The number of likely N-dealkylation sites (N-methyl/N-ethyl adjacent to an activating group) is 1. The molecule has 0 aliphatic heterocycles. The zero-order valence-electron chi connectivity index (χ0n) is 9.04. The van der Waals surface area contributed by atoms with Crippen molar-refractivity contribution in [2.45, 2.75) is 17.4 Å². The highest BCUT2D eigenvalue weighted by molar-refractivity contribution is 7.99. The van der Waals surface area contributed by atoms with Crippen molar-refractivity contribution in [3.8, 4) is 0 Å². The molecular weight excluding hydrogens is 232 g/mol. The van der Waals surface area contributed by atoms with Gasteiger partial charge in [0.25, 0.3) is 0 Å². The first-order chi connectivity index (χ1) is 7.67. The van der Waals surface area contributed by atoms with Crippen LogP contribution in [0.3, 0.4) is 0 Å². The first kappa shape index (κ1) is 13.4. The summed E-state index contributed by atoms with van der Waals surface area (Å²) in [6.45, 7) is 0.0585. The molecule has 2 N–H and O–H groups in total. The van der Waals surface area contributed by atoms with E-state index in [0.29, 0.717) is 10.6 Å². The molecule has 16 heavy (non-hydrogen) atoms.